The fourth-order valence-electron chi connectivity index (χ4n) is 4.29. The molecule has 2 atom stereocenters. The Balaban J connectivity index is 2.08. The van der Waals surface area contributed by atoms with Crippen LogP contribution in [-0.2, 0) is 26.2 Å². The predicted octanol–water partition coefficient (Wildman–Crippen LogP) is 6.95. The van der Waals surface area contributed by atoms with Crippen molar-refractivity contribution in [1.82, 2.24) is 10.2 Å². The summed E-state index contributed by atoms with van der Waals surface area (Å²) in [5.74, 6) is -0.708. The highest BCUT2D eigenvalue weighted by Gasteiger charge is 2.33. The lowest BCUT2D eigenvalue weighted by atomic mass is 10.0. The van der Waals surface area contributed by atoms with Crippen LogP contribution in [0.5, 0.6) is 0 Å². The van der Waals surface area contributed by atoms with Crippen LogP contribution in [0.2, 0.25) is 10.0 Å². The van der Waals surface area contributed by atoms with Gasteiger partial charge in [-0.2, -0.15) is 0 Å². The Kier molecular flexibility index (Phi) is 11.5. The molecule has 7 nitrogen and oxygen atoms in total. The number of sulfonamides is 1. The molecule has 0 bridgehead atoms. The number of nitrogens with one attached hydrogen (secondary N) is 1. The molecule has 3 rings (SSSR count). The molecular formula is C32H39Cl2N3O4S. The Bertz CT molecular complexity index is 1470. The first-order chi connectivity index (χ1) is 19.8. The van der Waals surface area contributed by atoms with Crippen LogP contribution in [-0.4, -0.2) is 43.8 Å². The van der Waals surface area contributed by atoms with Gasteiger partial charge in [0.25, 0.3) is 10.0 Å². The van der Waals surface area contributed by atoms with Crippen LogP contribution in [0, 0.1) is 6.92 Å². The molecule has 0 radical (unpaired) electrons. The van der Waals surface area contributed by atoms with Crippen molar-refractivity contribution in [3.05, 3.63) is 93.5 Å². The number of carbonyl (C=O) groups is 2. The molecule has 0 spiro atoms. The Morgan fingerprint density at radius 1 is 0.881 bits per heavy atom. The molecule has 0 aliphatic carbocycles. The van der Waals surface area contributed by atoms with Crippen molar-refractivity contribution in [1.29, 1.82) is 0 Å². The number of benzene rings is 3. The number of amides is 2. The minimum Gasteiger partial charge on any atom is -0.352 e. The maximum absolute atomic E-state index is 14.1. The summed E-state index contributed by atoms with van der Waals surface area (Å²) in [4.78, 5) is 28.7. The van der Waals surface area contributed by atoms with E-state index in [1.54, 1.807) is 49.4 Å². The van der Waals surface area contributed by atoms with Gasteiger partial charge in [-0.1, -0.05) is 79.9 Å². The lowest BCUT2D eigenvalue weighted by Gasteiger charge is -2.33. The first-order valence-corrected chi connectivity index (χ1v) is 16.2. The van der Waals surface area contributed by atoms with E-state index in [0.717, 1.165) is 15.4 Å². The number of rotatable bonds is 12. The van der Waals surface area contributed by atoms with E-state index in [-0.39, 0.29) is 29.3 Å². The second kappa shape index (κ2) is 14.4. The van der Waals surface area contributed by atoms with Gasteiger partial charge in [-0.05, 0) is 75.1 Å². The summed E-state index contributed by atoms with van der Waals surface area (Å²) in [7, 11) is -4.16. The van der Waals surface area contributed by atoms with Crippen LogP contribution in [0.25, 0.3) is 0 Å². The second-order valence-corrected chi connectivity index (χ2v) is 13.5. The summed E-state index contributed by atoms with van der Waals surface area (Å²) in [5, 5.41) is 3.58. The molecule has 0 fully saturated rings. The molecule has 0 heterocycles. The van der Waals surface area contributed by atoms with Crippen molar-refractivity contribution >= 4 is 50.7 Å². The smallest absolute Gasteiger partial charge is 0.264 e. The average Bonchev–Trinajstić information content (AvgIpc) is 2.95. The third kappa shape index (κ3) is 8.06. The molecule has 10 heteroatoms. The van der Waals surface area contributed by atoms with Crippen LogP contribution >= 0.6 is 23.2 Å². The third-order valence-electron chi connectivity index (χ3n) is 7.29. The SMILES string of the molecule is CC[C@@H](C)NC(=O)[C@H](C)N(Cc1c(Cl)cccc1Cl)C(=O)CN(c1ccc(C(C)C)cc1)S(=O)(=O)c1ccc(C)cc1. The molecule has 2 amide bonds. The van der Waals surface area contributed by atoms with E-state index in [2.05, 4.69) is 5.32 Å². The first kappa shape index (κ1) is 33.4. The Morgan fingerprint density at radius 3 is 1.98 bits per heavy atom. The van der Waals surface area contributed by atoms with Crippen molar-refractivity contribution in [3.63, 3.8) is 0 Å². The van der Waals surface area contributed by atoms with Crippen molar-refractivity contribution in [2.75, 3.05) is 10.8 Å². The maximum atomic E-state index is 14.1. The van der Waals surface area contributed by atoms with Crippen LogP contribution in [0.15, 0.2) is 71.6 Å². The molecule has 0 saturated carbocycles. The third-order valence-corrected chi connectivity index (χ3v) is 9.79. The van der Waals surface area contributed by atoms with Gasteiger partial charge in [0.1, 0.15) is 12.6 Å². The molecule has 0 aliphatic heterocycles. The van der Waals surface area contributed by atoms with Gasteiger partial charge in [0.05, 0.1) is 10.6 Å². The van der Waals surface area contributed by atoms with Gasteiger partial charge in [0.15, 0.2) is 0 Å². The molecule has 3 aromatic rings. The van der Waals surface area contributed by atoms with E-state index in [0.29, 0.717) is 27.7 Å². The van der Waals surface area contributed by atoms with Gasteiger partial charge < -0.3 is 10.2 Å². The molecule has 0 saturated heterocycles. The highest BCUT2D eigenvalue weighted by Crippen LogP contribution is 2.29. The normalized spacial score (nSPS) is 13.0. The van der Waals surface area contributed by atoms with E-state index in [1.165, 1.54) is 17.0 Å². The molecule has 0 aliphatic rings. The highest BCUT2D eigenvalue weighted by molar-refractivity contribution is 7.92. The topological polar surface area (TPSA) is 86.8 Å². The van der Waals surface area contributed by atoms with E-state index >= 15 is 0 Å². The molecule has 3 aromatic carbocycles. The zero-order chi connectivity index (χ0) is 31.2. The summed E-state index contributed by atoms with van der Waals surface area (Å²) in [5.41, 5.74) is 2.73. The second-order valence-electron chi connectivity index (χ2n) is 10.8. The van der Waals surface area contributed by atoms with Crippen molar-refractivity contribution in [3.8, 4) is 0 Å². The minimum atomic E-state index is -4.16. The number of halogens is 2. The quantitative estimate of drug-likeness (QED) is 0.234. The minimum absolute atomic E-state index is 0.0529. The molecule has 42 heavy (non-hydrogen) atoms. The maximum Gasteiger partial charge on any atom is 0.264 e. The standard InChI is InChI=1S/C32H39Cl2N3O4S/c1-7-23(5)35-32(39)24(6)36(19-28-29(33)9-8-10-30(28)34)31(38)20-37(26-15-13-25(14-16-26)21(2)3)42(40,41)27-17-11-22(4)12-18-27/h8-18,21,23-24H,7,19-20H2,1-6H3,(H,35,39)/t23-,24+/m1/s1. The van der Waals surface area contributed by atoms with Crippen LogP contribution in [0.3, 0.4) is 0 Å². The monoisotopic (exact) mass is 631 g/mol. The number of hydrogen-bond donors (Lipinski definition) is 1. The lowest BCUT2D eigenvalue weighted by Crippen LogP contribution is -2.52. The Morgan fingerprint density at radius 2 is 1.45 bits per heavy atom. The molecule has 0 aromatic heterocycles. The van der Waals surface area contributed by atoms with Crippen LogP contribution in [0.4, 0.5) is 5.69 Å². The van der Waals surface area contributed by atoms with Gasteiger partial charge in [-0.25, -0.2) is 8.42 Å². The van der Waals surface area contributed by atoms with E-state index < -0.39 is 28.5 Å². The largest absolute Gasteiger partial charge is 0.352 e. The molecule has 226 valence electrons. The van der Waals surface area contributed by atoms with Gasteiger partial charge in [0, 0.05) is 28.2 Å². The van der Waals surface area contributed by atoms with E-state index in [4.69, 9.17) is 23.2 Å². The number of carbonyl (C=O) groups excluding carboxylic acids is 2. The van der Waals surface area contributed by atoms with Crippen molar-refractivity contribution in [2.45, 2.75) is 77.4 Å². The van der Waals surface area contributed by atoms with Gasteiger partial charge >= 0.3 is 0 Å². The summed E-state index contributed by atoms with van der Waals surface area (Å²) >= 11 is 12.9. The summed E-state index contributed by atoms with van der Waals surface area (Å²) in [6, 6.07) is 17.5. The highest BCUT2D eigenvalue weighted by atomic mass is 35.5. The van der Waals surface area contributed by atoms with Gasteiger partial charge in [0.2, 0.25) is 11.8 Å². The fourth-order valence-corrected chi connectivity index (χ4v) is 6.22. The zero-order valence-corrected chi connectivity index (χ0v) is 27.2. The number of aryl methyl sites for hydroxylation is 1. The van der Waals surface area contributed by atoms with E-state index in [9.17, 15) is 18.0 Å². The molecule has 0 unspecified atom stereocenters. The number of nitrogens with zero attached hydrogens (tertiary/aromatic N) is 2. The summed E-state index contributed by atoms with van der Waals surface area (Å²) in [6.07, 6.45) is 0.706. The van der Waals surface area contributed by atoms with Gasteiger partial charge in [-0.15, -0.1) is 0 Å². The zero-order valence-electron chi connectivity index (χ0n) is 24.9. The number of anilines is 1. The fraction of sp³-hybridized carbons (Fsp3) is 0.375. The lowest BCUT2D eigenvalue weighted by molar-refractivity contribution is -0.139. The summed E-state index contributed by atoms with van der Waals surface area (Å²) in [6.45, 7) is 10.8. The van der Waals surface area contributed by atoms with Gasteiger partial charge in [-0.3, -0.25) is 13.9 Å². The van der Waals surface area contributed by atoms with Crippen LogP contribution in [0.1, 0.15) is 63.6 Å². The predicted molar refractivity (Wildman–Crippen MR) is 171 cm³/mol. The van der Waals surface area contributed by atoms with Crippen LogP contribution < -0.4 is 9.62 Å². The summed E-state index contributed by atoms with van der Waals surface area (Å²) < 4.78 is 29.1. The molecule has 1 N–H and O–H groups in total. The molecular weight excluding hydrogens is 593 g/mol. The average molecular weight is 633 g/mol. The first-order valence-electron chi connectivity index (χ1n) is 14.0. The Labute approximate surface area is 259 Å². The number of hydrogen-bond acceptors (Lipinski definition) is 4. The Hall–Kier alpha value is -3.07. The van der Waals surface area contributed by atoms with E-state index in [1.807, 2.05) is 46.8 Å². The van der Waals surface area contributed by atoms with Crippen molar-refractivity contribution in [2.24, 2.45) is 0 Å². The van der Waals surface area contributed by atoms with Crippen molar-refractivity contribution < 1.29 is 18.0 Å².